The van der Waals surface area contributed by atoms with Crippen LogP contribution < -0.4 is 5.73 Å². The lowest BCUT2D eigenvalue weighted by atomic mass is 10.2. The van der Waals surface area contributed by atoms with Gasteiger partial charge >= 0.3 is 0 Å². The second-order valence-corrected chi connectivity index (χ2v) is 5.27. The Labute approximate surface area is 123 Å². The van der Waals surface area contributed by atoms with Crippen LogP contribution in [0.1, 0.15) is 25.5 Å². The van der Waals surface area contributed by atoms with Crippen LogP contribution in [0.3, 0.4) is 0 Å². The molecule has 21 heavy (non-hydrogen) atoms. The largest absolute Gasteiger partial charge is 0.369 e. The van der Waals surface area contributed by atoms with Crippen LogP contribution in [0.15, 0.2) is 18.7 Å². The van der Waals surface area contributed by atoms with Gasteiger partial charge in [-0.15, -0.1) is 0 Å². The molecular formula is C14H21N7. The van der Waals surface area contributed by atoms with E-state index >= 15 is 0 Å². The average molecular weight is 287 g/mol. The zero-order valence-electron chi connectivity index (χ0n) is 12.5. The molecule has 2 N–H and O–H groups in total. The van der Waals surface area contributed by atoms with Gasteiger partial charge in [0.15, 0.2) is 5.65 Å². The van der Waals surface area contributed by atoms with Crippen molar-refractivity contribution in [3.63, 3.8) is 0 Å². The standard InChI is InChI=1S/C14H21N7/c1-3-5-11-12-13(19(2)18-11)21(14(15)17-12)8-4-7-20-9-6-16-10-20/h6,9-10H,3-5,7-8H2,1-2H3,(H2,15,17). The Balaban J connectivity index is 1.82. The van der Waals surface area contributed by atoms with Gasteiger partial charge in [0.25, 0.3) is 0 Å². The lowest BCUT2D eigenvalue weighted by Gasteiger charge is -2.07. The topological polar surface area (TPSA) is 79.5 Å². The Hall–Kier alpha value is -2.31. The van der Waals surface area contributed by atoms with E-state index in [2.05, 4.69) is 31.1 Å². The fraction of sp³-hybridized carbons (Fsp3) is 0.500. The summed E-state index contributed by atoms with van der Waals surface area (Å²) in [5.41, 5.74) is 9.08. The summed E-state index contributed by atoms with van der Waals surface area (Å²) in [7, 11) is 1.95. The number of anilines is 1. The number of aryl methyl sites for hydroxylation is 4. The van der Waals surface area contributed by atoms with Crippen molar-refractivity contribution in [3.05, 3.63) is 24.4 Å². The predicted octanol–water partition coefficient (Wildman–Crippen LogP) is 1.59. The minimum atomic E-state index is 0.570. The molecule has 0 saturated carbocycles. The molecular weight excluding hydrogens is 266 g/mol. The van der Waals surface area contributed by atoms with Crippen molar-refractivity contribution in [1.82, 2.24) is 28.9 Å². The summed E-state index contributed by atoms with van der Waals surface area (Å²) in [6.07, 6.45) is 8.55. The smallest absolute Gasteiger partial charge is 0.202 e. The number of nitrogen functional groups attached to an aromatic ring is 1. The zero-order valence-corrected chi connectivity index (χ0v) is 12.5. The molecule has 112 valence electrons. The summed E-state index contributed by atoms with van der Waals surface area (Å²) in [6.45, 7) is 3.89. The van der Waals surface area contributed by atoms with Crippen molar-refractivity contribution >= 4 is 17.1 Å². The molecule has 3 aromatic rings. The molecule has 0 amide bonds. The van der Waals surface area contributed by atoms with Gasteiger partial charge in [0.05, 0.1) is 12.0 Å². The molecule has 7 nitrogen and oxygen atoms in total. The highest BCUT2D eigenvalue weighted by atomic mass is 15.3. The van der Waals surface area contributed by atoms with Crippen LogP contribution in [0.25, 0.3) is 11.2 Å². The third-order valence-corrected chi connectivity index (χ3v) is 3.66. The molecule has 3 heterocycles. The monoisotopic (exact) mass is 287 g/mol. The quantitative estimate of drug-likeness (QED) is 0.746. The van der Waals surface area contributed by atoms with E-state index in [4.69, 9.17) is 5.73 Å². The van der Waals surface area contributed by atoms with E-state index in [9.17, 15) is 0 Å². The highest BCUT2D eigenvalue weighted by Crippen LogP contribution is 2.22. The number of nitrogens with zero attached hydrogens (tertiary/aromatic N) is 6. The first-order valence-corrected chi connectivity index (χ1v) is 7.34. The summed E-state index contributed by atoms with van der Waals surface area (Å²) in [4.78, 5) is 8.55. The normalized spacial score (nSPS) is 11.5. The van der Waals surface area contributed by atoms with Crippen LogP contribution in [-0.2, 0) is 26.6 Å². The maximum atomic E-state index is 6.08. The van der Waals surface area contributed by atoms with Crippen molar-refractivity contribution in [3.8, 4) is 0 Å². The van der Waals surface area contributed by atoms with Gasteiger partial charge in [-0.05, 0) is 12.8 Å². The Kier molecular flexibility index (Phi) is 3.64. The van der Waals surface area contributed by atoms with E-state index in [1.54, 1.807) is 6.20 Å². The number of rotatable bonds is 6. The van der Waals surface area contributed by atoms with Gasteiger partial charge in [-0.25, -0.2) is 9.97 Å². The van der Waals surface area contributed by atoms with Crippen LogP contribution in [-0.4, -0.2) is 28.9 Å². The number of hydrogen-bond donors (Lipinski definition) is 1. The summed E-state index contributed by atoms with van der Waals surface area (Å²) >= 11 is 0. The Morgan fingerprint density at radius 1 is 1.29 bits per heavy atom. The van der Waals surface area contributed by atoms with Crippen LogP contribution in [0, 0.1) is 0 Å². The fourth-order valence-corrected chi connectivity index (χ4v) is 2.71. The van der Waals surface area contributed by atoms with Crippen LogP contribution in [0.5, 0.6) is 0 Å². The molecule has 7 heteroatoms. The number of aromatic nitrogens is 6. The highest BCUT2D eigenvalue weighted by molar-refractivity contribution is 5.77. The van der Waals surface area contributed by atoms with E-state index in [0.29, 0.717) is 5.95 Å². The lowest BCUT2D eigenvalue weighted by molar-refractivity contribution is 0.566. The molecule has 0 bridgehead atoms. The lowest BCUT2D eigenvalue weighted by Crippen LogP contribution is -2.09. The van der Waals surface area contributed by atoms with Gasteiger partial charge in [0, 0.05) is 32.5 Å². The maximum Gasteiger partial charge on any atom is 0.202 e. The predicted molar refractivity (Wildman–Crippen MR) is 81.8 cm³/mol. The molecule has 0 unspecified atom stereocenters. The maximum absolute atomic E-state index is 6.08. The zero-order chi connectivity index (χ0) is 14.8. The summed E-state index contributed by atoms with van der Waals surface area (Å²) < 4.78 is 6.01. The van der Waals surface area contributed by atoms with Crippen molar-refractivity contribution in [2.24, 2.45) is 7.05 Å². The summed E-state index contributed by atoms with van der Waals surface area (Å²) in [5.74, 6) is 0.570. The van der Waals surface area contributed by atoms with E-state index in [1.165, 1.54) is 0 Å². The van der Waals surface area contributed by atoms with E-state index in [-0.39, 0.29) is 0 Å². The molecule has 3 aromatic heterocycles. The second-order valence-electron chi connectivity index (χ2n) is 5.27. The van der Waals surface area contributed by atoms with Crippen molar-refractivity contribution in [1.29, 1.82) is 0 Å². The number of nitrogens with two attached hydrogens (primary N) is 1. The first-order chi connectivity index (χ1) is 10.2. The first kappa shape index (κ1) is 13.7. The van der Waals surface area contributed by atoms with Crippen molar-refractivity contribution in [2.75, 3.05) is 5.73 Å². The molecule has 0 radical (unpaired) electrons. The molecule has 0 aliphatic carbocycles. The van der Waals surface area contributed by atoms with E-state index in [1.807, 2.05) is 24.3 Å². The second kappa shape index (κ2) is 5.59. The molecule has 0 spiro atoms. The van der Waals surface area contributed by atoms with Crippen molar-refractivity contribution in [2.45, 2.75) is 39.3 Å². The van der Waals surface area contributed by atoms with Crippen LogP contribution in [0.2, 0.25) is 0 Å². The minimum absolute atomic E-state index is 0.570. The highest BCUT2D eigenvalue weighted by Gasteiger charge is 2.17. The van der Waals surface area contributed by atoms with E-state index < -0.39 is 0 Å². The third-order valence-electron chi connectivity index (χ3n) is 3.66. The SMILES string of the molecule is CCCc1nn(C)c2c1nc(N)n2CCCn1ccnc1. The minimum Gasteiger partial charge on any atom is -0.369 e. The van der Waals surface area contributed by atoms with Crippen LogP contribution in [0.4, 0.5) is 5.95 Å². The van der Waals surface area contributed by atoms with Crippen LogP contribution >= 0.6 is 0 Å². The number of imidazole rings is 2. The van der Waals surface area contributed by atoms with Crippen molar-refractivity contribution < 1.29 is 0 Å². The van der Waals surface area contributed by atoms with Gasteiger partial charge < -0.3 is 10.3 Å². The number of hydrogen-bond acceptors (Lipinski definition) is 4. The van der Waals surface area contributed by atoms with E-state index in [0.717, 1.165) is 49.2 Å². The van der Waals surface area contributed by atoms with Gasteiger partial charge in [-0.3, -0.25) is 9.25 Å². The Morgan fingerprint density at radius 2 is 2.14 bits per heavy atom. The van der Waals surface area contributed by atoms with Gasteiger partial charge in [-0.2, -0.15) is 5.10 Å². The molecule has 0 aromatic carbocycles. The number of fused-ring (bicyclic) bond motifs is 1. The molecule has 0 fully saturated rings. The van der Waals surface area contributed by atoms with Gasteiger partial charge in [0.1, 0.15) is 5.52 Å². The molecule has 0 atom stereocenters. The Morgan fingerprint density at radius 3 is 2.86 bits per heavy atom. The Bertz CT molecular complexity index is 720. The summed E-state index contributed by atoms with van der Waals surface area (Å²) in [6, 6.07) is 0. The molecule has 0 saturated heterocycles. The van der Waals surface area contributed by atoms with Gasteiger partial charge in [-0.1, -0.05) is 13.3 Å². The van der Waals surface area contributed by atoms with Gasteiger partial charge in [0.2, 0.25) is 5.95 Å². The average Bonchev–Trinajstić information content (AvgIpc) is 3.13. The third kappa shape index (κ3) is 2.51. The molecule has 3 rings (SSSR count). The summed E-state index contributed by atoms with van der Waals surface area (Å²) in [5, 5.41) is 4.56. The molecule has 0 aliphatic heterocycles. The molecule has 0 aliphatic rings. The first-order valence-electron chi connectivity index (χ1n) is 7.34. The fourth-order valence-electron chi connectivity index (χ4n) is 2.71.